The standard InChI is InChI=1S/C21H23FN2O2/c1-4-12-24(15-17-8-10-19(22)11-9-17)21(25)23-16(2)13-18-6-5-7-20(14-18)26-3/h1,5-11,14,16H,12-13,15H2,2-3H3,(H,23,25). The monoisotopic (exact) mass is 354 g/mol. The molecule has 0 radical (unpaired) electrons. The molecule has 0 saturated heterocycles. The quantitative estimate of drug-likeness (QED) is 0.772. The fraction of sp³-hybridized carbons (Fsp3) is 0.286. The summed E-state index contributed by atoms with van der Waals surface area (Å²) < 4.78 is 18.2. The van der Waals surface area contributed by atoms with Crippen molar-refractivity contribution in [1.82, 2.24) is 10.2 Å². The molecule has 1 N–H and O–H groups in total. The van der Waals surface area contributed by atoms with Gasteiger partial charge in [-0.15, -0.1) is 6.42 Å². The van der Waals surface area contributed by atoms with Crippen molar-refractivity contribution >= 4 is 6.03 Å². The van der Waals surface area contributed by atoms with E-state index in [1.54, 1.807) is 19.2 Å². The Kier molecular flexibility index (Phi) is 7.04. The highest BCUT2D eigenvalue weighted by molar-refractivity contribution is 5.74. The third-order valence-corrected chi connectivity index (χ3v) is 3.90. The van der Waals surface area contributed by atoms with Crippen LogP contribution < -0.4 is 10.1 Å². The van der Waals surface area contributed by atoms with Crippen LogP contribution in [0.3, 0.4) is 0 Å². The molecule has 0 aliphatic rings. The van der Waals surface area contributed by atoms with Gasteiger partial charge in [0, 0.05) is 12.6 Å². The molecule has 136 valence electrons. The Morgan fingerprint density at radius 3 is 2.65 bits per heavy atom. The summed E-state index contributed by atoms with van der Waals surface area (Å²) in [4.78, 5) is 14.1. The first-order valence-corrected chi connectivity index (χ1v) is 8.38. The lowest BCUT2D eigenvalue weighted by atomic mass is 10.1. The number of carbonyl (C=O) groups is 1. The Balaban J connectivity index is 1.97. The first-order valence-electron chi connectivity index (χ1n) is 8.38. The van der Waals surface area contributed by atoms with Gasteiger partial charge in [-0.2, -0.15) is 0 Å². The normalized spacial score (nSPS) is 11.3. The van der Waals surface area contributed by atoms with Crippen molar-refractivity contribution < 1.29 is 13.9 Å². The number of hydrogen-bond acceptors (Lipinski definition) is 2. The molecule has 26 heavy (non-hydrogen) atoms. The molecule has 2 aromatic rings. The van der Waals surface area contributed by atoms with E-state index in [2.05, 4.69) is 11.2 Å². The molecular weight excluding hydrogens is 331 g/mol. The van der Waals surface area contributed by atoms with Crippen molar-refractivity contribution in [2.75, 3.05) is 13.7 Å². The molecule has 0 aliphatic carbocycles. The fourth-order valence-electron chi connectivity index (χ4n) is 2.63. The summed E-state index contributed by atoms with van der Waals surface area (Å²) in [6.07, 6.45) is 6.06. The van der Waals surface area contributed by atoms with Gasteiger partial charge in [0.1, 0.15) is 11.6 Å². The average molecular weight is 354 g/mol. The van der Waals surface area contributed by atoms with E-state index < -0.39 is 0 Å². The number of terminal acetylenes is 1. The molecular formula is C21H23FN2O2. The van der Waals surface area contributed by atoms with E-state index in [9.17, 15) is 9.18 Å². The number of rotatable bonds is 7. The summed E-state index contributed by atoms with van der Waals surface area (Å²) in [5, 5.41) is 2.96. The van der Waals surface area contributed by atoms with Crippen molar-refractivity contribution in [3.63, 3.8) is 0 Å². The Hall–Kier alpha value is -3.00. The van der Waals surface area contributed by atoms with Crippen molar-refractivity contribution in [3.8, 4) is 18.1 Å². The van der Waals surface area contributed by atoms with Crippen LogP contribution in [-0.4, -0.2) is 30.6 Å². The maximum atomic E-state index is 13.0. The Bertz CT molecular complexity index is 768. The summed E-state index contributed by atoms with van der Waals surface area (Å²) in [5.74, 6) is 2.96. The van der Waals surface area contributed by atoms with Crippen LogP contribution in [0.4, 0.5) is 9.18 Å². The number of nitrogens with zero attached hydrogens (tertiary/aromatic N) is 1. The molecule has 1 unspecified atom stereocenters. The Morgan fingerprint density at radius 2 is 2.00 bits per heavy atom. The molecule has 2 rings (SSSR count). The second kappa shape index (κ2) is 9.47. The van der Waals surface area contributed by atoms with Gasteiger partial charge in [-0.1, -0.05) is 30.2 Å². The number of nitrogens with one attached hydrogen (secondary N) is 1. The number of methoxy groups -OCH3 is 1. The molecule has 0 bridgehead atoms. The number of amides is 2. The predicted molar refractivity (Wildman–Crippen MR) is 100 cm³/mol. The summed E-state index contributed by atoms with van der Waals surface area (Å²) in [7, 11) is 1.62. The zero-order valence-electron chi connectivity index (χ0n) is 15.0. The largest absolute Gasteiger partial charge is 0.497 e. The zero-order chi connectivity index (χ0) is 18.9. The predicted octanol–water partition coefficient (Wildman–Crippen LogP) is 3.61. The third-order valence-electron chi connectivity index (χ3n) is 3.90. The van der Waals surface area contributed by atoms with Gasteiger partial charge in [0.15, 0.2) is 0 Å². The van der Waals surface area contributed by atoms with E-state index >= 15 is 0 Å². The van der Waals surface area contributed by atoms with E-state index in [-0.39, 0.29) is 24.4 Å². The molecule has 1 atom stereocenters. The fourth-order valence-corrected chi connectivity index (χ4v) is 2.63. The number of halogens is 1. The van der Waals surface area contributed by atoms with E-state index in [0.29, 0.717) is 13.0 Å². The zero-order valence-corrected chi connectivity index (χ0v) is 15.0. The summed E-state index contributed by atoms with van der Waals surface area (Å²) >= 11 is 0. The number of benzene rings is 2. The second-order valence-corrected chi connectivity index (χ2v) is 6.09. The lowest BCUT2D eigenvalue weighted by Crippen LogP contribution is -2.44. The SMILES string of the molecule is C#CCN(Cc1ccc(F)cc1)C(=O)NC(C)Cc1cccc(OC)c1. The van der Waals surface area contributed by atoms with Crippen LogP contribution in [0.1, 0.15) is 18.1 Å². The summed E-state index contributed by atoms with van der Waals surface area (Å²) in [6, 6.07) is 13.4. The van der Waals surface area contributed by atoms with Crippen molar-refractivity contribution in [3.05, 3.63) is 65.5 Å². The van der Waals surface area contributed by atoms with Crippen LogP contribution in [0, 0.1) is 18.2 Å². The van der Waals surface area contributed by atoms with Crippen LogP contribution in [0.25, 0.3) is 0 Å². The minimum atomic E-state index is -0.311. The molecule has 4 nitrogen and oxygen atoms in total. The second-order valence-electron chi connectivity index (χ2n) is 6.09. The third kappa shape index (κ3) is 5.82. The van der Waals surface area contributed by atoms with Gasteiger partial charge in [0.05, 0.1) is 13.7 Å². The van der Waals surface area contributed by atoms with Crippen molar-refractivity contribution in [2.45, 2.75) is 25.9 Å². The topological polar surface area (TPSA) is 41.6 Å². The average Bonchev–Trinajstić information content (AvgIpc) is 2.63. The highest BCUT2D eigenvalue weighted by atomic mass is 19.1. The maximum Gasteiger partial charge on any atom is 0.318 e. The van der Waals surface area contributed by atoms with Crippen LogP contribution in [0.5, 0.6) is 5.75 Å². The Morgan fingerprint density at radius 1 is 1.27 bits per heavy atom. The van der Waals surface area contributed by atoms with Gasteiger partial charge in [-0.05, 0) is 48.7 Å². The number of urea groups is 1. The van der Waals surface area contributed by atoms with Gasteiger partial charge in [-0.3, -0.25) is 0 Å². The van der Waals surface area contributed by atoms with Gasteiger partial charge >= 0.3 is 6.03 Å². The first kappa shape index (κ1) is 19.3. The molecule has 2 aromatic carbocycles. The molecule has 0 saturated carbocycles. The van der Waals surface area contributed by atoms with E-state index in [1.807, 2.05) is 31.2 Å². The molecule has 2 amide bonds. The number of hydrogen-bond donors (Lipinski definition) is 1. The van der Waals surface area contributed by atoms with Crippen molar-refractivity contribution in [2.24, 2.45) is 0 Å². The Labute approximate surface area is 154 Å². The molecule has 0 aromatic heterocycles. The van der Waals surface area contributed by atoms with E-state index in [1.165, 1.54) is 17.0 Å². The highest BCUT2D eigenvalue weighted by Gasteiger charge is 2.16. The number of ether oxygens (including phenoxy) is 1. The summed E-state index contributed by atoms with van der Waals surface area (Å²) in [5.41, 5.74) is 1.89. The summed E-state index contributed by atoms with van der Waals surface area (Å²) in [6.45, 7) is 2.43. The van der Waals surface area contributed by atoms with Crippen molar-refractivity contribution in [1.29, 1.82) is 0 Å². The van der Waals surface area contributed by atoms with Gasteiger partial charge in [0.25, 0.3) is 0 Å². The van der Waals surface area contributed by atoms with Crippen LogP contribution >= 0.6 is 0 Å². The highest BCUT2D eigenvalue weighted by Crippen LogP contribution is 2.14. The lowest BCUT2D eigenvalue weighted by molar-refractivity contribution is 0.198. The molecule has 0 heterocycles. The van der Waals surface area contributed by atoms with Crippen LogP contribution in [0.15, 0.2) is 48.5 Å². The minimum absolute atomic E-state index is 0.0805. The van der Waals surface area contributed by atoms with E-state index in [4.69, 9.17) is 11.2 Å². The van der Waals surface area contributed by atoms with E-state index in [0.717, 1.165) is 16.9 Å². The molecule has 5 heteroatoms. The maximum absolute atomic E-state index is 13.0. The van der Waals surface area contributed by atoms with Gasteiger partial charge in [-0.25, -0.2) is 9.18 Å². The first-order chi connectivity index (χ1) is 12.5. The van der Waals surface area contributed by atoms with Crippen LogP contribution in [0.2, 0.25) is 0 Å². The molecule has 0 fully saturated rings. The van der Waals surface area contributed by atoms with Gasteiger partial charge in [0.2, 0.25) is 0 Å². The lowest BCUT2D eigenvalue weighted by Gasteiger charge is -2.24. The smallest absolute Gasteiger partial charge is 0.318 e. The molecule has 0 aliphatic heterocycles. The van der Waals surface area contributed by atoms with Crippen LogP contribution in [-0.2, 0) is 13.0 Å². The van der Waals surface area contributed by atoms with Gasteiger partial charge < -0.3 is 15.0 Å². The molecule has 0 spiro atoms. The number of carbonyl (C=O) groups excluding carboxylic acids is 1. The minimum Gasteiger partial charge on any atom is -0.497 e.